The van der Waals surface area contributed by atoms with Crippen molar-refractivity contribution in [3.8, 4) is 0 Å². The van der Waals surface area contributed by atoms with E-state index in [1.165, 1.54) is 16.7 Å². The Morgan fingerprint density at radius 1 is 1.09 bits per heavy atom. The monoisotopic (exact) mass is 437 g/mol. The van der Waals surface area contributed by atoms with E-state index in [0.717, 1.165) is 25.7 Å². The van der Waals surface area contributed by atoms with E-state index in [1.807, 2.05) is 19.2 Å². The fraction of sp³-hybridized carbons (Fsp3) is 0.500. The lowest BCUT2D eigenvalue weighted by Crippen LogP contribution is -2.38. The Kier molecular flexibility index (Phi) is 9.94. The van der Waals surface area contributed by atoms with Gasteiger partial charge < -0.3 is 19.5 Å². The topological polar surface area (TPSA) is 39.7 Å². The molecular formula is C28H39NO3. The number of likely N-dealkylation sites (N-methyl/N-ethyl adjacent to an activating group) is 1. The molecule has 1 saturated heterocycles. The Balaban J connectivity index is 1.49. The van der Waals surface area contributed by atoms with Crippen molar-refractivity contribution in [1.29, 1.82) is 0 Å². The van der Waals surface area contributed by atoms with Gasteiger partial charge in [-0.25, -0.2) is 0 Å². The normalized spacial score (nSPS) is 21.6. The second-order valence-corrected chi connectivity index (χ2v) is 8.67. The molecule has 0 bridgehead atoms. The first kappa shape index (κ1) is 24.7. The van der Waals surface area contributed by atoms with Gasteiger partial charge in [0.2, 0.25) is 0 Å². The summed E-state index contributed by atoms with van der Waals surface area (Å²) in [6.45, 7) is 9.45. The quantitative estimate of drug-likeness (QED) is 0.405. The van der Waals surface area contributed by atoms with E-state index in [-0.39, 0.29) is 24.5 Å². The highest BCUT2D eigenvalue weighted by Crippen LogP contribution is 2.29. The first-order valence-corrected chi connectivity index (χ1v) is 12.0. The maximum absolute atomic E-state index is 6.43. The number of allylic oxidation sites excluding steroid dienone is 1. The van der Waals surface area contributed by atoms with Crippen LogP contribution in [0.4, 0.5) is 0 Å². The van der Waals surface area contributed by atoms with E-state index in [2.05, 4.69) is 74.3 Å². The Hall–Kier alpha value is -1.98. The van der Waals surface area contributed by atoms with Gasteiger partial charge in [0, 0.05) is 12.0 Å². The molecule has 2 aromatic rings. The van der Waals surface area contributed by atoms with Crippen molar-refractivity contribution in [3.63, 3.8) is 0 Å². The number of hydrogen-bond donors (Lipinski definition) is 1. The zero-order valence-corrected chi connectivity index (χ0v) is 19.8. The molecule has 0 radical (unpaired) electrons. The highest BCUT2D eigenvalue weighted by Gasteiger charge is 2.28. The van der Waals surface area contributed by atoms with Gasteiger partial charge in [0.15, 0.2) is 6.29 Å². The first-order chi connectivity index (χ1) is 15.6. The van der Waals surface area contributed by atoms with Crippen molar-refractivity contribution < 1.29 is 14.2 Å². The third-order valence-corrected chi connectivity index (χ3v) is 6.35. The summed E-state index contributed by atoms with van der Waals surface area (Å²) >= 11 is 0. The van der Waals surface area contributed by atoms with Gasteiger partial charge in [-0.2, -0.15) is 0 Å². The molecule has 1 N–H and O–H groups in total. The fourth-order valence-corrected chi connectivity index (χ4v) is 4.24. The molecule has 2 unspecified atom stereocenters. The number of ether oxygens (including phenoxy) is 3. The van der Waals surface area contributed by atoms with Gasteiger partial charge in [-0.05, 0) is 56.3 Å². The maximum atomic E-state index is 6.43. The van der Waals surface area contributed by atoms with Gasteiger partial charge in [-0.1, -0.05) is 67.6 Å². The fourth-order valence-electron chi connectivity index (χ4n) is 4.24. The van der Waals surface area contributed by atoms with Crippen molar-refractivity contribution in [2.75, 3.05) is 13.7 Å². The third-order valence-electron chi connectivity index (χ3n) is 6.35. The van der Waals surface area contributed by atoms with Gasteiger partial charge in [0.25, 0.3) is 0 Å². The van der Waals surface area contributed by atoms with E-state index < -0.39 is 0 Å². The molecule has 0 aromatic heterocycles. The highest BCUT2D eigenvalue weighted by atomic mass is 16.7. The average molecular weight is 438 g/mol. The van der Waals surface area contributed by atoms with E-state index in [1.54, 1.807) is 0 Å². The zero-order chi connectivity index (χ0) is 22.8. The standard InChI is InChI=1S/C28H39NO3/c1-5-23(6-2)24-17-15-22(16-18-24)19-30-20-26-13-10-14-27(31-26)32-28(21(3)29-4)25-11-8-7-9-12-25/h5,7-9,11-12,15-18,21,23,26-29H,1,6,10,13-14,19-20H2,2-4H3/t21-,23-,26?,27?,28-/m1/s1. The molecule has 3 rings (SSSR count). The third kappa shape index (κ3) is 7.01. The molecule has 1 fully saturated rings. The molecule has 4 nitrogen and oxygen atoms in total. The lowest BCUT2D eigenvalue weighted by atomic mass is 9.96. The molecule has 0 amide bonds. The summed E-state index contributed by atoms with van der Waals surface area (Å²) < 4.78 is 18.7. The SMILES string of the molecule is C=C[C@H](CC)c1ccc(COCC2CCCC(O[C@@H](c3ccccc3)[C@@H](C)NC)O2)cc1. The molecule has 0 spiro atoms. The van der Waals surface area contributed by atoms with E-state index in [9.17, 15) is 0 Å². The average Bonchev–Trinajstić information content (AvgIpc) is 2.84. The van der Waals surface area contributed by atoms with Crippen molar-refractivity contribution in [3.05, 3.63) is 83.9 Å². The van der Waals surface area contributed by atoms with Crippen LogP contribution in [0.2, 0.25) is 0 Å². The van der Waals surface area contributed by atoms with Gasteiger partial charge in [-0.3, -0.25) is 0 Å². The highest BCUT2D eigenvalue weighted by molar-refractivity contribution is 5.27. The molecule has 32 heavy (non-hydrogen) atoms. The van der Waals surface area contributed by atoms with Crippen molar-refractivity contribution in [2.24, 2.45) is 0 Å². The van der Waals surface area contributed by atoms with E-state index in [4.69, 9.17) is 14.2 Å². The summed E-state index contributed by atoms with van der Waals surface area (Å²) in [6.07, 6.45) is 5.91. The van der Waals surface area contributed by atoms with Crippen molar-refractivity contribution in [2.45, 2.75) is 76.6 Å². The minimum Gasteiger partial charge on any atom is -0.374 e. The molecule has 1 aliphatic rings. The van der Waals surface area contributed by atoms with E-state index >= 15 is 0 Å². The molecule has 5 atom stereocenters. The minimum atomic E-state index is -0.206. The van der Waals surface area contributed by atoms with Crippen LogP contribution < -0.4 is 5.32 Å². The second kappa shape index (κ2) is 12.9. The number of hydrogen-bond acceptors (Lipinski definition) is 4. The Morgan fingerprint density at radius 3 is 2.50 bits per heavy atom. The van der Waals surface area contributed by atoms with Crippen LogP contribution in [0, 0.1) is 0 Å². The maximum Gasteiger partial charge on any atom is 0.158 e. The molecule has 4 heteroatoms. The smallest absolute Gasteiger partial charge is 0.158 e. The van der Waals surface area contributed by atoms with Crippen LogP contribution in [0.5, 0.6) is 0 Å². The Bertz CT molecular complexity index is 792. The summed E-state index contributed by atoms with van der Waals surface area (Å²) in [4.78, 5) is 0. The molecule has 0 aliphatic carbocycles. The summed E-state index contributed by atoms with van der Waals surface area (Å²) in [7, 11) is 1.97. The van der Waals surface area contributed by atoms with Crippen LogP contribution >= 0.6 is 0 Å². The van der Waals surface area contributed by atoms with Crippen LogP contribution in [0.15, 0.2) is 67.3 Å². The largest absolute Gasteiger partial charge is 0.374 e. The Labute approximate surface area is 194 Å². The van der Waals surface area contributed by atoms with Crippen LogP contribution in [-0.2, 0) is 20.8 Å². The van der Waals surface area contributed by atoms with Gasteiger partial charge in [0.1, 0.15) is 6.10 Å². The van der Waals surface area contributed by atoms with Gasteiger partial charge >= 0.3 is 0 Å². The van der Waals surface area contributed by atoms with Crippen LogP contribution in [0.3, 0.4) is 0 Å². The van der Waals surface area contributed by atoms with Crippen molar-refractivity contribution >= 4 is 0 Å². The van der Waals surface area contributed by atoms with Gasteiger partial charge in [-0.15, -0.1) is 6.58 Å². The van der Waals surface area contributed by atoms with Crippen LogP contribution in [-0.4, -0.2) is 32.1 Å². The summed E-state index contributed by atoms with van der Waals surface area (Å²) in [5.41, 5.74) is 3.66. The summed E-state index contributed by atoms with van der Waals surface area (Å²) in [5.74, 6) is 0.419. The molecule has 1 heterocycles. The predicted molar refractivity (Wildman–Crippen MR) is 131 cm³/mol. The number of benzene rings is 2. The van der Waals surface area contributed by atoms with Crippen LogP contribution in [0.25, 0.3) is 0 Å². The first-order valence-electron chi connectivity index (χ1n) is 12.0. The van der Waals surface area contributed by atoms with Gasteiger partial charge in [0.05, 0.1) is 19.3 Å². The lowest BCUT2D eigenvalue weighted by molar-refractivity contribution is -0.229. The number of nitrogens with one attached hydrogen (secondary N) is 1. The number of rotatable bonds is 12. The Morgan fingerprint density at radius 2 is 1.84 bits per heavy atom. The summed E-state index contributed by atoms with van der Waals surface area (Å²) in [5, 5.41) is 3.32. The van der Waals surface area contributed by atoms with Crippen LogP contribution in [0.1, 0.15) is 68.2 Å². The second-order valence-electron chi connectivity index (χ2n) is 8.67. The predicted octanol–water partition coefficient (Wildman–Crippen LogP) is 6.14. The minimum absolute atomic E-state index is 0.0492. The molecule has 174 valence electrons. The lowest BCUT2D eigenvalue weighted by Gasteiger charge is -2.34. The van der Waals surface area contributed by atoms with Crippen molar-refractivity contribution in [1.82, 2.24) is 5.32 Å². The molecule has 2 aromatic carbocycles. The van der Waals surface area contributed by atoms with E-state index in [0.29, 0.717) is 19.1 Å². The molecule has 1 aliphatic heterocycles. The molecular weight excluding hydrogens is 398 g/mol. The summed E-state index contributed by atoms with van der Waals surface area (Å²) in [6, 6.07) is 19.2. The zero-order valence-electron chi connectivity index (χ0n) is 19.8. The molecule has 0 saturated carbocycles.